The molecule has 3 N–H and O–H groups in total. The Bertz CT molecular complexity index is 1590. The Balaban J connectivity index is 1.62. The molecule has 0 saturated heterocycles. The number of aliphatic hydroxyl groups is 1. The third-order valence-corrected chi connectivity index (χ3v) is 11.2. The Labute approximate surface area is 279 Å². The summed E-state index contributed by atoms with van der Waals surface area (Å²) >= 11 is 1.14. The number of hydrogen-bond donors (Lipinski definition) is 3. The monoisotopic (exact) mass is 690 g/mol. The van der Waals surface area contributed by atoms with Crippen LogP contribution in [0, 0.1) is 11.7 Å². The average molecular weight is 691 g/mol. The van der Waals surface area contributed by atoms with E-state index in [0.717, 1.165) is 24.2 Å². The molecule has 0 saturated carbocycles. The molecule has 256 valence electrons. The van der Waals surface area contributed by atoms with E-state index < -0.39 is 39.9 Å². The van der Waals surface area contributed by atoms with Crippen LogP contribution in [0.1, 0.15) is 50.4 Å². The summed E-state index contributed by atoms with van der Waals surface area (Å²) in [5, 5.41) is 17.2. The van der Waals surface area contributed by atoms with Crippen LogP contribution in [-0.4, -0.2) is 86.3 Å². The molecule has 4 rings (SSSR count). The maximum Gasteiger partial charge on any atom is 0.323 e. The van der Waals surface area contributed by atoms with E-state index in [0.29, 0.717) is 30.2 Å². The van der Waals surface area contributed by atoms with Gasteiger partial charge in [0.25, 0.3) is 15.9 Å². The van der Waals surface area contributed by atoms with Gasteiger partial charge >= 0.3 is 6.03 Å². The van der Waals surface area contributed by atoms with Crippen LogP contribution >= 0.6 is 11.3 Å². The van der Waals surface area contributed by atoms with E-state index in [-0.39, 0.29) is 41.5 Å². The normalized spacial score (nSPS) is 20.5. The van der Waals surface area contributed by atoms with E-state index >= 15 is 0 Å². The summed E-state index contributed by atoms with van der Waals surface area (Å²) in [5.41, 5.74) is 0.897. The van der Waals surface area contributed by atoms with Crippen LogP contribution in [0.5, 0.6) is 5.75 Å². The molecule has 2 heterocycles. The van der Waals surface area contributed by atoms with Crippen molar-refractivity contribution in [3.05, 3.63) is 71.4 Å². The average Bonchev–Trinajstić information content (AvgIpc) is 3.60. The van der Waals surface area contributed by atoms with Gasteiger partial charge in [-0.25, -0.2) is 17.6 Å². The fourth-order valence-corrected chi connectivity index (χ4v) is 7.59. The minimum atomic E-state index is -3.73. The summed E-state index contributed by atoms with van der Waals surface area (Å²) in [5.74, 6) is -0.859. The second-order valence-corrected chi connectivity index (χ2v) is 15.0. The number of aliphatic hydroxyl groups excluding tert-OH is 1. The predicted molar refractivity (Wildman–Crippen MR) is 180 cm³/mol. The highest BCUT2D eigenvalue weighted by atomic mass is 32.2. The lowest BCUT2D eigenvalue weighted by atomic mass is 10.0. The molecule has 4 atom stereocenters. The van der Waals surface area contributed by atoms with E-state index in [1.165, 1.54) is 46.6 Å². The van der Waals surface area contributed by atoms with Crippen molar-refractivity contribution in [2.24, 2.45) is 5.92 Å². The first-order chi connectivity index (χ1) is 22.4. The second-order valence-electron chi connectivity index (χ2n) is 11.8. The molecule has 0 fully saturated rings. The molecular weight excluding hydrogens is 648 g/mol. The van der Waals surface area contributed by atoms with E-state index in [1.807, 2.05) is 13.8 Å². The highest BCUT2D eigenvalue weighted by Gasteiger charge is 2.32. The molecule has 14 heteroatoms. The molecule has 1 aromatic heterocycles. The first kappa shape index (κ1) is 36.3. The van der Waals surface area contributed by atoms with Gasteiger partial charge in [-0.05, 0) is 87.0 Å². The lowest BCUT2D eigenvalue weighted by Gasteiger charge is -2.35. The number of amides is 3. The number of sulfonamides is 1. The van der Waals surface area contributed by atoms with Gasteiger partial charge < -0.3 is 30.1 Å². The zero-order chi connectivity index (χ0) is 34.1. The minimum absolute atomic E-state index is 0.0737. The Morgan fingerprint density at radius 1 is 1.13 bits per heavy atom. The summed E-state index contributed by atoms with van der Waals surface area (Å²) in [6.07, 6.45) is 1.40. The van der Waals surface area contributed by atoms with Crippen molar-refractivity contribution in [1.29, 1.82) is 0 Å². The minimum Gasteiger partial charge on any atom is -0.490 e. The first-order valence-electron chi connectivity index (χ1n) is 15.6. The molecule has 0 aliphatic carbocycles. The number of halogens is 1. The van der Waals surface area contributed by atoms with Crippen molar-refractivity contribution in [3.8, 4) is 5.75 Å². The van der Waals surface area contributed by atoms with Gasteiger partial charge in [0, 0.05) is 44.0 Å². The third kappa shape index (κ3) is 9.73. The second kappa shape index (κ2) is 16.5. The smallest absolute Gasteiger partial charge is 0.323 e. The quantitative estimate of drug-likeness (QED) is 0.278. The van der Waals surface area contributed by atoms with Crippen LogP contribution < -0.4 is 15.4 Å². The van der Waals surface area contributed by atoms with Crippen LogP contribution in [0.2, 0.25) is 0 Å². The van der Waals surface area contributed by atoms with Gasteiger partial charge in [0.2, 0.25) is 0 Å². The van der Waals surface area contributed by atoms with Crippen molar-refractivity contribution < 1.29 is 37.0 Å². The van der Waals surface area contributed by atoms with Crippen LogP contribution in [-0.2, 0) is 14.8 Å². The number of carbonyl (C=O) groups is 2. The number of thiophene rings is 1. The molecule has 3 aromatic rings. The summed E-state index contributed by atoms with van der Waals surface area (Å²) in [6, 6.07) is 12.2. The van der Waals surface area contributed by atoms with Crippen molar-refractivity contribution >= 4 is 44.7 Å². The maximum atomic E-state index is 14.3. The molecule has 0 spiro atoms. The summed E-state index contributed by atoms with van der Waals surface area (Å²) in [7, 11) is -2.21. The van der Waals surface area contributed by atoms with Gasteiger partial charge in [-0.15, -0.1) is 11.3 Å². The highest BCUT2D eigenvalue weighted by Crippen LogP contribution is 2.29. The van der Waals surface area contributed by atoms with Gasteiger partial charge in [-0.2, -0.15) is 4.31 Å². The van der Waals surface area contributed by atoms with Crippen LogP contribution in [0.3, 0.4) is 0 Å². The van der Waals surface area contributed by atoms with Gasteiger partial charge in [0.05, 0.1) is 30.4 Å². The number of rotatable bonds is 8. The summed E-state index contributed by atoms with van der Waals surface area (Å²) in [4.78, 5) is 28.6. The maximum absolute atomic E-state index is 14.3. The van der Waals surface area contributed by atoms with Crippen molar-refractivity contribution in [3.63, 3.8) is 0 Å². The number of nitrogens with zero attached hydrogens (tertiary/aromatic N) is 2. The summed E-state index contributed by atoms with van der Waals surface area (Å²) in [6.45, 7) is 5.83. The number of urea groups is 1. The Morgan fingerprint density at radius 2 is 1.83 bits per heavy atom. The molecule has 1 aliphatic heterocycles. The molecule has 0 radical (unpaired) electrons. The molecule has 0 bridgehead atoms. The van der Waals surface area contributed by atoms with E-state index in [1.54, 1.807) is 36.6 Å². The number of carbonyl (C=O) groups excluding carboxylic acids is 2. The lowest BCUT2D eigenvalue weighted by Crippen LogP contribution is -2.48. The van der Waals surface area contributed by atoms with Crippen LogP contribution in [0.4, 0.5) is 20.6 Å². The summed E-state index contributed by atoms with van der Waals surface area (Å²) < 4.78 is 53.8. The van der Waals surface area contributed by atoms with E-state index in [2.05, 4.69) is 10.6 Å². The largest absolute Gasteiger partial charge is 0.490 e. The molecule has 11 nitrogen and oxygen atoms in total. The number of hydrogen-bond acceptors (Lipinski definition) is 8. The SMILES string of the molecule is C[C@@H]1CN([C@@H](C)CO)C(=O)c2cc(NC(=O)Nc3ccc(F)cc3)ccc2O[C@@H](C)CCCCO[C@@H]1CN(C)S(=O)(=O)c1cccs1. The molecule has 1 aliphatic rings. The molecule has 3 amide bonds. The molecule has 2 aromatic carbocycles. The molecular formula is C33H43FN4O7S2. The number of likely N-dealkylation sites (N-methyl/N-ethyl adjacent to an activating group) is 1. The van der Waals surface area contributed by atoms with Gasteiger partial charge in [0.1, 0.15) is 15.8 Å². The number of nitrogens with one attached hydrogen (secondary N) is 2. The zero-order valence-corrected chi connectivity index (χ0v) is 28.7. The molecule has 47 heavy (non-hydrogen) atoms. The first-order valence-corrected chi connectivity index (χ1v) is 17.9. The lowest BCUT2D eigenvalue weighted by molar-refractivity contribution is -0.00832. The highest BCUT2D eigenvalue weighted by molar-refractivity contribution is 7.91. The van der Waals surface area contributed by atoms with Gasteiger partial charge in [-0.3, -0.25) is 4.79 Å². The fourth-order valence-electron chi connectivity index (χ4n) is 5.20. The Hall–Kier alpha value is -3.56. The zero-order valence-electron chi connectivity index (χ0n) is 27.0. The number of ether oxygens (including phenoxy) is 2. The number of fused-ring (bicyclic) bond motifs is 1. The standard InChI is InChI=1S/C33H43FN4O7S2/c1-22-19-38(23(2)21-39)32(40)28-18-27(36-33(41)35-26-12-10-25(34)11-13-26)14-15-29(28)45-24(3)8-5-6-16-44-30(22)20-37(4)47(42,43)31-9-7-17-46-31/h7,9-15,17-18,22-24,30,39H,5-6,8,16,19-21H2,1-4H3,(H2,35,36,41)/t22-,23+,24+,30-/m1/s1. The Kier molecular flexibility index (Phi) is 12.7. The van der Waals surface area contributed by atoms with E-state index in [4.69, 9.17) is 9.47 Å². The Morgan fingerprint density at radius 3 is 2.51 bits per heavy atom. The van der Waals surface area contributed by atoms with Crippen molar-refractivity contribution in [2.75, 3.05) is 44.0 Å². The van der Waals surface area contributed by atoms with Crippen molar-refractivity contribution in [2.45, 2.75) is 62.5 Å². The van der Waals surface area contributed by atoms with Crippen LogP contribution in [0.25, 0.3) is 0 Å². The van der Waals surface area contributed by atoms with Crippen LogP contribution in [0.15, 0.2) is 64.2 Å². The number of anilines is 2. The third-order valence-electron chi connectivity index (χ3n) is 8.01. The van der Waals surface area contributed by atoms with Crippen molar-refractivity contribution in [1.82, 2.24) is 9.21 Å². The molecule has 0 unspecified atom stereocenters. The number of benzene rings is 2. The predicted octanol–water partition coefficient (Wildman–Crippen LogP) is 5.65. The van der Waals surface area contributed by atoms with Gasteiger partial charge in [0.15, 0.2) is 0 Å². The fraction of sp³-hybridized carbons (Fsp3) is 0.455. The van der Waals surface area contributed by atoms with Gasteiger partial charge in [-0.1, -0.05) is 13.0 Å². The topological polar surface area (TPSA) is 138 Å². The van der Waals surface area contributed by atoms with E-state index in [9.17, 15) is 27.5 Å².